The van der Waals surface area contributed by atoms with Crippen molar-refractivity contribution < 1.29 is 9.84 Å². The van der Waals surface area contributed by atoms with Crippen molar-refractivity contribution in [3.05, 3.63) is 23.8 Å². The molecule has 0 aliphatic carbocycles. The van der Waals surface area contributed by atoms with Gasteiger partial charge in [0, 0.05) is 13.1 Å². The zero-order chi connectivity index (χ0) is 12.1. The highest BCUT2D eigenvalue weighted by molar-refractivity contribution is 5.59. The SMILES string of the molecule is CC(O)CNCCc1ccc2c(c1)NCCO2. The fraction of sp³-hybridized carbons (Fsp3) is 0.538. The number of hydrogen-bond acceptors (Lipinski definition) is 4. The second-order valence-electron chi connectivity index (χ2n) is 4.41. The van der Waals surface area contributed by atoms with Gasteiger partial charge in [0.25, 0.3) is 0 Å². The van der Waals surface area contributed by atoms with Crippen LogP contribution < -0.4 is 15.4 Å². The Kier molecular flexibility index (Phi) is 4.23. The van der Waals surface area contributed by atoms with Gasteiger partial charge in [0.2, 0.25) is 0 Å². The van der Waals surface area contributed by atoms with E-state index in [4.69, 9.17) is 9.84 Å². The summed E-state index contributed by atoms with van der Waals surface area (Å²) in [6.07, 6.45) is 0.676. The molecule has 0 fully saturated rings. The molecule has 1 aromatic rings. The number of nitrogens with one attached hydrogen (secondary N) is 2. The lowest BCUT2D eigenvalue weighted by atomic mass is 10.1. The summed E-state index contributed by atoms with van der Waals surface area (Å²) >= 11 is 0. The van der Waals surface area contributed by atoms with E-state index >= 15 is 0 Å². The average Bonchev–Trinajstić information content (AvgIpc) is 2.34. The van der Waals surface area contributed by atoms with Crippen molar-refractivity contribution in [3.8, 4) is 5.75 Å². The van der Waals surface area contributed by atoms with Gasteiger partial charge in [-0.15, -0.1) is 0 Å². The second kappa shape index (κ2) is 5.89. The third-order valence-electron chi connectivity index (χ3n) is 2.75. The molecule has 0 amide bonds. The molecule has 94 valence electrons. The van der Waals surface area contributed by atoms with Gasteiger partial charge in [0.05, 0.1) is 11.8 Å². The first-order valence-electron chi connectivity index (χ1n) is 6.14. The number of aliphatic hydroxyl groups excluding tert-OH is 1. The zero-order valence-electron chi connectivity index (χ0n) is 10.2. The Balaban J connectivity index is 1.85. The van der Waals surface area contributed by atoms with Crippen molar-refractivity contribution in [1.29, 1.82) is 0 Å². The van der Waals surface area contributed by atoms with E-state index in [1.165, 1.54) is 5.56 Å². The van der Waals surface area contributed by atoms with Crippen molar-refractivity contribution in [1.82, 2.24) is 5.32 Å². The Morgan fingerprint density at radius 3 is 3.24 bits per heavy atom. The van der Waals surface area contributed by atoms with E-state index in [-0.39, 0.29) is 6.10 Å². The molecule has 0 bridgehead atoms. The van der Waals surface area contributed by atoms with Gasteiger partial charge in [-0.3, -0.25) is 0 Å². The van der Waals surface area contributed by atoms with Crippen molar-refractivity contribution >= 4 is 5.69 Å². The summed E-state index contributed by atoms with van der Waals surface area (Å²) in [4.78, 5) is 0. The predicted octanol–water partition coefficient (Wildman–Crippen LogP) is 1.00. The molecule has 0 aromatic heterocycles. The number of rotatable bonds is 5. The number of fused-ring (bicyclic) bond motifs is 1. The van der Waals surface area contributed by atoms with Crippen LogP contribution in [0.4, 0.5) is 5.69 Å². The fourth-order valence-electron chi connectivity index (χ4n) is 1.89. The van der Waals surface area contributed by atoms with Crippen molar-refractivity contribution in [2.75, 3.05) is 31.6 Å². The lowest BCUT2D eigenvalue weighted by molar-refractivity contribution is 0.191. The molecule has 1 aromatic carbocycles. The highest BCUT2D eigenvalue weighted by Crippen LogP contribution is 2.27. The molecule has 1 aliphatic heterocycles. The van der Waals surface area contributed by atoms with E-state index < -0.39 is 0 Å². The maximum atomic E-state index is 9.12. The standard InChI is InChI=1S/C13H20N2O2/c1-10(16)9-14-5-4-11-2-3-13-12(8-11)15-6-7-17-13/h2-3,8,10,14-16H,4-7,9H2,1H3. The van der Waals surface area contributed by atoms with E-state index in [9.17, 15) is 0 Å². The second-order valence-corrected chi connectivity index (χ2v) is 4.41. The minimum atomic E-state index is -0.284. The molecule has 2 rings (SSSR count). The first kappa shape index (κ1) is 12.2. The molecule has 4 heteroatoms. The summed E-state index contributed by atoms with van der Waals surface area (Å²) in [5.74, 6) is 0.942. The largest absolute Gasteiger partial charge is 0.490 e. The Morgan fingerprint density at radius 1 is 1.53 bits per heavy atom. The summed E-state index contributed by atoms with van der Waals surface area (Å²) in [5, 5.41) is 15.7. The Morgan fingerprint density at radius 2 is 2.41 bits per heavy atom. The van der Waals surface area contributed by atoms with Crippen LogP contribution in [0.3, 0.4) is 0 Å². The number of anilines is 1. The molecule has 0 spiro atoms. The topological polar surface area (TPSA) is 53.5 Å². The van der Waals surface area contributed by atoms with Gasteiger partial charge < -0.3 is 20.5 Å². The normalized spacial score (nSPS) is 15.6. The molecule has 0 saturated heterocycles. The number of ether oxygens (including phenoxy) is 1. The first-order chi connectivity index (χ1) is 8.25. The molecule has 3 N–H and O–H groups in total. The predicted molar refractivity (Wildman–Crippen MR) is 68.7 cm³/mol. The molecule has 17 heavy (non-hydrogen) atoms. The highest BCUT2D eigenvalue weighted by Gasteiger charge is 2.09. The minimum Gasteiger partial charge on any atom is -0.490 e. The lowest BCUT2D eigenvalue weighted by Gasteiger charge is -2.19. The summed E-state index contributed by atoms with van der Waals surface area (Å²) in [6.45, 7) is 4.92. The summed E-state index contributed by atoms with van der Waals surface area (Å²) in [5.41, 5.74) is 2.36. The minimum absolute atomic E-state index is 0.284. The van der Waals surface area contributed by atoms with E-state index in [1.54, 1.807) is 6.92 Å². The van der Waals surface area contributed by atoms with Crippen molar-refractivity contribution in [3.63, 3.8) is 0 Å². The number of benzene rings is 1. The van der Waals surface area contributed by atoms with Gasteiger partial charge in [-0.25, -0.2) is 0 Å². The van der Waals surface area contributed by atoms with Gasteiger partial charge >= 0.3 is 0 Å². The van der Waals surface area contributed by atoms with E-state index in [1.807, 2.05) is 6.07 Å². The van der Waals surface area contributed by atoms with Crippen LogP contribution in [-0.4, -0.2) is 37.5 Å². The van der Waals surface area contributed by atoms with Gasteiger partial charge in [0.15, 0.2) is 0 Å². The monoisotopic (exact) mass is 236 g/mol. The fourth-order valence-corrected chi connectivity index (χ4v) is 1.89. The summed E-state index contributed by atoms with van der Waals surface area (Å²) < 4.78 is 5.52. The lowest BCUT2D eigenvalue weighted by Crippen LogP contribution is -2.26. The number of hydrogen-bond donors (Lipinski definition) is 3. The molecule has 1 heterocycles. The first-order valence-corrected chi connectivity index (χ1v) is 6.14. The third kappa shape index (κ3) is 3.61. The smallest absolute Gasteiger partial charge is 0.142 e. The highest BCUT2D eigenvalue weighted by atomic mass is 16.5. The van der Waals surface area contributed by atoms with Crippen molar-refractivity contribution in [2.24, 2.45) is 0 Å². The van der Waals surface area contributed by atoms with Crippen LogP contribution in [0, 0.1) is 0 Å². The molecule has 1 atom stereocenters. The van der Waals surface area contributed by atoms with Gasteiger partial charge in [0.1, 0.15) is 12.4 Å². The zero-order valence-corrected chi connectivity index (χ0v) is 10.2. The van der Waals surface area contributed by atoms with E-state index in [0.29, 0.717) is 6.54 Å². The molecular weight excluding hydrogens is 216 g/mol. The molecular formula is C13H20N2O2. The van der Waals surface area contributed by atoms with Crippen LogP contribution in [0.25, 0.3) is 0 Å². The molecule has 0 radical (unpaired) electrons. The van der Waals surface area contributed by atoms with E-state index in [0.717, 1.165) is 37.6 Å². The van der Waals surface area contributed by atoms with Crippen LogP contribution in [-0.2, 0) is 6.42 Å². The van der Waals surface area contributed by atoms with Crippen LogP contribution in [0.1, 0.15) is 12.5 Å². The molecule has 0 saturated carbocycles. The van der Waals surface area contributed by atoms with Gasteiger partial charge in [-0.05, 0) is 37.6 Å². The third-order valence-corrected chi connectivity index (χ3v) is 2.75. The maximum absolute atomic E-state index is 9.12. The Labute approximate surface area is 102 Å². The van der Waals surface area contributed by atoms with Gasteiger partial charge in [-0.2, -0.15) is 0 Å². The summed E-state index contributed by atoms with van der Waals surface area (Å²) in [6, 6.07) is 6.25. The van der Waals surface area contributed by atoms with E-state index in [2.05, 4.69) is 22.8 Å². The molecule has 1 unspecified atom stereocenters. The maximum Gasteiger partial charge on any atom is 0.142 e. The van der Waals surface area contributed by atoms with Crippen molar-refractivity contribution in [2.45, 2.75) is 19.4 Å². The number of aliphatic hydroxyl groups is 1. The van der Waals surface area contributed by atoms with Crippen LogP contribution in [0.2, 0.25) is 0 Å². The average molecular weight is 236 g/mol. The van der Waals surface area contributed by atoms with Gasteiger partial charge in [-0.1, -0.05) is 6.07 Å². The Bertz CT molecular complexity index is 366. The van der Waals surface area contributed by atoms with Crippen LogP contribution >= 0.6 is 0 Å². The molecule has 4 nitrogen and oxygen atoms in total. The van der Waals surface area contributed by atoms with Crippen LogP contribution in [0.15, 0.2) is 18.2 Å². The Hall–Kier alpha value is -1.26. The summed E-state index contributed by atoms with van der Waals surface area (Å²) in [7, 11) is 0. The molecule has 1 aliphatic rings. The quantitative estimate of drug-likeness (QED) is 0.668. The van der Waals surface area contributed by atoms with Crippen LogP contribution in [0.5, 0.6) is 5.75 Å².